The smallest absolute Gasteiger partial charge is 0.0945 e. The molecule has 1 nitrogen and oxygen atoms in total. The van der Waals surface area contributed by atoms with Crippen molar-refractivity contribution in [3.05, 3.63) is 35.9 Å². The highest BCUT2D eigenvalue weighted by atomic mass is 15.0. The minimum atomic E-state index is 0.0751. The predicted octanol–water partition coefficient (Wildman–Crippen LogP) is 2.36. The van der Waals surface area contributed by atoms with Crippen LogP contribution in [-0.2, 0) is 0 Å². The first-order valence-electron chi connectivity index (χ1n) is 5.08. The van der Waals surface area contributed by atoms with Crippen molar-refractivity contribution in [3.8, 4) is 12.3 Å². The van der Waals surface area contributed by atoms with E-state index in [4.69, 9.17) is 6.42 Å². The normalized spacial score (nSPS) is 26.6. The van der Waals surface area contributed by atoms with Crippen LogP contribution in [0.2, 0.25) is 0 Å². The van der Waals surface area contributed by atoms with Gasteiger partial charge in [0.15, 0.2) is 0 Å². The van der Waals surface area contributed by atoms with Crippen LogP contribution in [0.1, 0.15) is 24.9 Å². The lowest BCUT2D eigenvalue weighted by Crippen LogP contribution is -2.23. The molecule has 14 heavy (non-hydrogen) atoms. The fraction of sp³-hybridized carbons (Fsp3) is 0.385. The van der Waals surface area contributed by atoms with Crippen LogP contribution in [0.15, 0.2) is 30.3 Å². The van der Waals surface area contributed by atoms with Crippen LogP contribution in [0, 0.1) is 18.3 Å². The highest BCUT2D eigenvalue weighted by Crippen LogP contribution is 2.31. The zero-order valence-corrected chi connectivity index (χ0v) is 8.40. The van der Waals surface area contributed by atoms with Crippen molar-refractivity contribution >= 4 is 0 Å². The molecule has 1 aliphatic rings. The summed E-state index contributed by atoms with van der Waals surface area (Å²) in [6.07, 6.45) is 6.77. The first-order valence-corrected chi connectivity index (χ1v) is 5.08. The molecule has 0 bridgehead atoms. The van der Waals surface area contributed by atoms with Gasteiger partial charge in [0.1, 0.15) is 0 Å². The molecule has 0 saturated heterocycles. The van der Waals surface area contributed by atoms with Crippen molar-refractivity contribution in [3.63, 3.8) is 0 Å². The summed E-state index contributed by atoms with van der Waals surface area (Å²) in [6.45, 7) is 2.25. The Morgan fingerprint density at radius 2 is 2.07 bits per heavy atom. The van der Waals surface area contributed by atoms with Crippen molar-refractivity contribution < 1.29 is 0 Å². The Morgan fingerprint density at radius 1 is 1.43 bits per heavy atom. The molecule has 1 aromatic rings. The Bertz CT molecular complexity index is 336. The second-order valence-corrected chi connectivity index (χ2v) is 4.00. The molecule has 3 atom stereocenters. The van der Waals surface area contributed by atoms with E-state index in [1.54, 1.807) is 0 Å². The summed E-state index contributed by atoms with van der Waals surface area (Å²) in [6, 6.07) is 10.9. The molecular formula is C13H15N. The van der Waals surface area contributed by atoms with Crippen LogP contribution in [0.3, 0.4) is 0 Å². The Labute approximate surface area is 85.5 Å². The third kappa shape index (κ3) is 1.97. The fourth-order valence-corrected chi connectivity index (χ4v) is 1.65. The molecule has 0 aliphatic heterocycles. The Kier molecular flexibility index (Phi) is 2.56. The van der Waals surface area contributed by atoms with Gasteiger partial charge in [-0.05, 0) is 17.9 Å². The van der Waals surface area contributed by atoms with Crippen LogP contribution in [0.4, 0.5) is 0 Å². The van der Waals surface area contributed by atoms with Gasteiger partial charge in [-0.25, -0.2) is 0 Å². The molecule has 1 aromatic carbocycles. The molecule has 0 amide bonds. The molecule has 0 aromatic heterocycles. The molecule has 3 unspecified atom stereocenters. The monoisotopic (exact) mass is 185 g/mol. The van der Waals surface area contributed by atoms with Gasteiger partial charge in [0.25, 0.3) is 0 Å². The van der Waals surface area contributed by atoms with E-state index in [9.17, 15) is 0 Å². The molecule has 0 radical (unpaired) electrons. The van der Waals surface area contributed by atoms with E-state index in [2.05, 4.69) is 30.3 Å². The first-order chi connectivity index (χ1) is 6.81. The minimum Gasteiger partial charge on any atom is -0.297 e. The zero-order valence-electron chi connectivity index (χ0n) is 8.40. The van der Waals surface area contributed by atoms with Crippen LogP contribution >= 0.6 is 0 Å². The highest BCUT2D eigenvalue weighted by Gasteiger charge is 2.33. The van der Waals surface area contributed by atoms with Crippen molar-refractivity contribution in [1.29, 1.82) is 0 Å². The number of benzene rings is 1. The van der Waals surface area contributed by atoms with Crippen LogP contribution in [0.5, 0.6) is 0 Å². The van der Waals surface area contributed by atoms with E-state index in [0.29, 0.717) is 6.04 Å². The topological polar surface area (TPSA) is 12.0 Å². The standard InChI is InChI=1S/C13H15N/c1-3-12(14-13-9-10(13)2)11-7-5-4-6-8-11/h1,4-8,10,12-14H,9H2,2H3. The molecule has 0 spiro atoms. The van der Waals surface area contributed by atoms with Crippen LogP contribution in [0.25, 0.3) is 0 Å². The van der Waals surface area contributed by atoms with E-state index >= 15 is 0 Å². The zero-order chi connectivity index (χ0) is 9.97. The summed E-state index contributed by atoms with van der Waals surface area (Å²) in [5.74, 6) is 3.59. The summed E-state index contributed by atoms with van der Waals surface area (Å²) in [5, 5.41) is 3.47. The molecule has 72 valence electrons. The number of hydrogen-bond donors (Lipinski definition) is 1. The van der Waals surface area contributed by atoms with Crippen LogP contribution in [-0.4, -0.2) is 6.04 Å². The van der Waals surface area contributed by atoms with E-state index in [1.807, 2.05) is 18.2 Å². The van der Waals surface area contributed by atoms with E-state index < -0.39 is 0 Å². The van der Waals surface area contributed by atoms with Gasteiger partial charge < -0.3 is 0 Å². The number of hydrogen-bond acceptors (Lipinski definition) is 1. The van der Waals surface area contributed by atoms with Gasteiger partial charge in [0.05, 0.1) is 6.04 Å². The second-order valence-electron chi connectivity index (χ2n) is 4.00. The summed E-state index contributed by atoms with van der Waals surface area (Å²) >= 11 is 0. The molecular weight excluding hydrogens is 170 g/mol. The van der Waals surface area contributed by atoms with Crippen molar-refractivity contribution in [2.45, 2.75) is 25.4 Å². The van der Waals surface area contributed by atoms with Crippen molar-refractivity contribution in [1.82, 2.24) is 5.32 Å². The van der Waals surface area contributed by atoms with E-state index in [0.717, 1.165) is 5.92 Å². The van der Waals surface area contributed by atoms with Gasteiger partial charge in [-0.3, -0.25) is 5.32 Å². The van der Waals surface area contributed by atoms with Gasteiger partial charge in [0.2, 0.25) is 0 Å². The Balaban J connectivity index is 2.04. The molecule has 1 aliphatic carbocycles. The van der Waals surface area contributed by atoms with E-state index in [-0.39, 0.29) is 6.04 Å². The quantitative estimate of drug-likeness (QED) is 0.713. The second kappa shape index (κ2) is 3.86. The third-order valence-corrected chi connectivity index (χ3v) is 2.79. The summed E-state index contributed by atoms with van der Waals surface area (Å²) in [4.78, 5) is 0. The Morgan fingerprint density at radius 3 is 2.57 bits per heavy atom. The summed E-state index contributed by atoms with van der Waals surface area (Å²) in [7, 11) is 0. The minimum absolute atomic E-state index is 0.0751. The SMILES string of the molecule is C#CC(NC1CC1C)c1ccccc1. The van der Waals surface area contributed by atoms with Gasteiger partial charge in [-0.15, -0.1) is 6.42 Å². The first kappa shape index (κ1) is 9.30. The molecule has 1 heteroatoms. The summed E-state index contributed by atoms with van der Waals surface area (Å²) in [5.41, 5.74) is 1.19. The maximum Gasteiger partial charge on any atom is 0.0945 e. The summed E-state index contributed by atoms with van der Waals surface area (Å²) < 4.78 is 0. The van der Waals surface area contributed by atoms with E-state index in [1.165, 1.54) is 12.0 Å². The number of nitrogens with one attached hydrogen (secondary N) is 1. The largest absolute Gasteiger partial charge is 0.297 e. The third-order valence-electron chi connectivity index (χ3n) is 2.79. The molecule has 1 fully saturated rings. The maximum atomic E-state index is 5.51. The average Bonchev–Trinajstić information content (AvgIpc) is 2.92. The van der Waals surface area contributed by atoms with Crippen molar-refractivity contribution in [2.75, 3.05) is 0 Å². The lowest BCUT2D eigenvalue weighted by molar-refractivity contribution is 0.605. The van der Waals surface area contributed by atoms with Gasteiger partial charge in [-0.1, -0.05) is 43.2 Å². The predicted molar refractivity (Wildman–Crippen MR) is 58.7 cm³/mol. The van der Waals surface area contributed by atoms with Gasteiger partial charge in [0, 0.05) is 6.04 Å². The Hall–Kier alpha value is -1.26. The van der Waals surface area contributed by atoms with Crippen molar-refractivity contribution in [2.24, 2.45) is 5.92 Å². The fourth-order valence-electron chi connectivity index (χ4n) is 1.65. The molecule has 1 N–H and O–H groups in total. The maximum absolute atomic E-state index is 5.51. The number of terminal acetylenes is 1. The van der Waals surface area contributed by atoms with Crippen LogP contribution < -0.4 is 5.32 Å². The van der Waals surface area contributed by atoms with Gasteiger partial charge in [-0.2, -0.15) is 0 Å². The molecule has 0 heterocycles. The molecule has 1 saturated carbocycles. The highest BCUT2D eigenvalue weighted by molar-refractivity contribution is 5.26. The van der Waals surface area contributed by atoms with Gasteiger partial charge >= 0.3 is 0 Å². The lowest BCUT2D eigenvalue weighted by Gasteiger charge is -2.12. The molecule has 2 rings (SSSR count). The lowest BCUT2D eigenvalue weighted by atomic mass is 10.1. The average molecular weight is 185 g/mol. The number of rotatable bonds is 3.